The highest BCUT2D eigenvalue weighted by Gasteiger charge is 2.53. The zero-order valence-corrected chi connectivity index (χ0v) is 21.0. The van der Waals surface area contributed by atoms with Gasteiger partial charge in [-0.25, -0.2) is 18.5 Å². The average Bonchev–Trinajstić information content (AvgIpc) is 3.24. The summed E-state index contributed by atoms with van der Waals surface area (Å²) in [6.07, 6.45) is -17.5. The largest absolute Gasteiger partial charge is 0.525 e. The topological polar surface area (TPSA) is 74.4 Å². The van der Waals surface area contributed by atoms with E-state index in [1.54, 1.807) is 7.05 Å². The van der Waals surface area contributed by atoms with Crippen LogP contribution in [-0.4, -0.2) is 62.3 Å². The number of hydrogen-bond donors (Lipinski definition) is 0. The van der Waals surface area contributed by atoms with E-state index in [4.69, 9.17) is 11.6 Å². The number of amides is 1. The molecule has 1 unspecified atom stereocenters. The number of halogens is 10. The highest BCUT2D eigenvalue weighted by Crippen LogP contribution is 2.43. The van der Waals surface area contributed by atoms with Gasteiger partial charge < -0.3 is 9.64 Å². The number of nitrogens with zero attached hydrogens (tertiary/aromatic N) is 5. The van der Waals surface area contributed by atoms with Crippen LogP contribution in [-0.2, 0) is 18.0 Å². The third-order valence-electron chi connectivity index (χ3n) is 5.42. The molecule has 0 spiro atoms. The number of alkyl halides is 9. The minimum Gasteiger partial charge on any atom is -0.408 e. The SMILES string of the molecule is CN(C(=O)c1cc(-c2cnn(-c3c(C(F)(F)F)c(OC(F)(F)C(F)OC(F)(F)F)nn3C)c2)sc1Cl)C1CC1. The van der Waals surface area contributed by atoms with Crippen LogP contribution in [0.1, 0.15) is 28.8 Å². The first kappa shape index (κ1) is 29.0. The molecule has 1 aliphatic rings. The first-order chi connectivity index (χ1) is 17.9. The lowest BCUT2D eigenvalue weighted by atomic mass is 10.2. The summed E-state index contributed by atoms with van der Waals surface area (Å²) in [5, 5.41) is 6.93. The number of thiophene rings is 1. The van der Waals surface area contributed by atoms with Crippen LogP contribution in [0.15, 0.2) is 18.5 Å². The van der Waals surface area contributed by atoms with E-state index in [0.717, 1.165) is 43.6 Å². The fourth-order valence-corrected chi connectivity index (χ4v) is 4.71. The van der Waals surface area contributed by atoms with E-state index in [-0.39, 0.29) is 27.4 Å². The molecule has 39 heavy (non-hydrogen) atoms. The Labute approximate surface area is 221 Å². The van der Waals surface area contributed by atoms with Gasteiger partial charge in [0.2, 0.25) is 0 Å². The Kier molecular flexibility index (Phi) is 7.35. The minimum absolute atomic E-state index is 0.0850. The van der Waals surface area contributed by atoms with Crippen molar-refractivity contribution in [2.24, 2.45) is 7.05 Å². The van der Waals surface area contributed by atoms with E-state index in [0.29, 0.717) is 14.2 Å². The molecule has 19 heteroatoms. The van der Waals surface area contributed by atoms with Gasteiger partial charge in [0.05, 0.1) is 11.8 Å². The predicted octanol–water partition coefficient (Wildman–Crippen LogP) is 6.04. The summed E-state index contributed by atoms with van der Waals surface area (Å²) >= 11 is 7.14. The van der Waals surface area contributed by atoms with Crippen LogP contribution in [0, 0.1) is 0 Å². The van der Waals surface area contributed by atoms with Crippen molar-refractivity contribution in [2.45, 2.75) is 43.9 Å². The molecule has 3 aromatic heterocycles. The number of ether oxygens (including phenoxy) is 2. The summed E-state index contributed by atoms with van der Waals surface area (Å²) < 4.78 is 127. The summed E-state index contributed by atoms with van der Waals surface area (Å²) in [7, 11) is 2.49. The second-order valence-corrected chi connectivity index (χ2v) is 9.94. The first-order valence-electron chi connectivity index (χ1n) is 10.6. The number of carbonyl (C=O) groups excluding carboxylic acids is 1. The Hall–Kier alpha value is -2.99. The quantitative estimate of drug-likeness (QED) is 0.290. The van der Waals surface area contributed by atoms with Gasteiger partial charge in [-0.2, -0.15) is 27.1 Å². The van der Waals surface area contributed by atoms with Gasteiger partial charge in [-0.3, -0.25) is 4.79 Å². The number of rotatable bonds is 8. The number of hydrogen-bond acceptors (Lipinski definition) is 6. The predicted molar refractivity (Wildman–Crippen MR) is 116 cm³/mol. The second kappa shape index (κ2) is 9.88. The fourth-order valence-electron chi connectivity index (χ4n) is 3.47. The summed E-state index contributed by atoms with van der Waals surface area (Å²) in [4.78, 5) is 14.5. The minimum atomic E-state index is -5.87. The van der Waals surface area contributed by atoms with E-state index in [2.05, 4.69) is 19.7 Å². The van der Waals surface area contributed by atoms with Crippen molar-refractivity contribution in [3.63, 3.8) is 0 Å². The molecule has 0 bridgehead atoms. The summed E-state index contributed by atoms with van der Waals surface area (Å²) in [5.41, 5.74) is -1.64. The summed E-state index contributed by atoms with van der Waals surface area (Å²) in [6.45, 7) is 0. The smallest absolute Gasteiger partial charge is 0.408 e. The van der Waals surface area contributed by atoms with E-state index < -0.39 is 42.3 Å². The van der Waals surface area contributed by atoms with Crippen molar-refractivity contribution in [1.29, 1.82) is 0 Å². The van der Waals surface area contributed by atoms with E-state index in [1.165, 1.54) is 11.0 Å². The molecular formula is C20H15ClF9N5O3S. The van der Waals surface area contributed by atoms with Crippen LogP contribution >= 0.6 is 22.9 Å². The van der Waals surface area contributed by atoms with Crippen molar-refractivity contribution in [3.8, 4) is 22.1 Å². The molecule has 0 aliphatic heterocycles. The normalized spacial score (nSPS) is 15.5. The maximum atomic E-state index is 13.9. The highest BCUT2D eigenvalue weighted by atomic mass is 35.5. The van der Waals surface area contributed by atoms with Gasteiger partial charge in [0.15, 0.2) is 11.4 Å². The van der Waals surface area contributed by atoms with Crippen LogP contribution < -0.4 is 4.74 Å². The van der Waals surface area contributed by atoms with Crippen LogP contribution in [0.5, 0.6) is 5.88 Å². The zero-order chi connectivity index (χ0) is 29.1. The number of carbonyl (C=O) groups is 1. The Bertz CT molecular complexity index is 1380. The lowest BCUT2D eigenvalue weighted by molar-refractivity contribution is -0.411. The highest BCUT2D eigenvalue weighted by molar-refractivity contribution is 7.19. The molecule has 0 saturated heterocycles. The average molecular weight is 612 g/mol. The Morgan fingerprint density at radius 1 is 1.21 bits per heavy atom. The van der Waals surface area contributed by atoms with Gasteiger partial charge in [0.1, 0.15) is 4.34 Å². The molecule has 1 aliphatic carbocycles. The van der Waals surface area contributed by atoms with Crippen molar-refractivity contribution < 1.29 is 53.8 Å². The third kappa shape index (κ3) is 6.11. The summed E-state index contributed by atoms with van der Waals surface area (Å²) in [6, 6.07) is 1.50. The van der Waals surface area contributed by atoms with Crippen molar-refractivity contribution in [3.05, 3.63) is 33.9 Å². The van der Waals surface area contributed by atoms with Gasteiger partial charge >= 0.3 is 25.0 Å². The molecule has 1 fully saturated rings. The maximum Gasteiger partial charge on any atom is 0.525 e. The standard InChI is InChI=1S/C20H15ClF9N5O3S/c1-33(9-3-4-9)16(36)10-5-11(39-13(10)21)8-6-31-35(7-8)15-12(18(23,24)25)14(32-34(15)2)37-19(26,27)17(22)38-20(28,29)30/h5-7,9,17H,3-4H2,1-2H3. The number of aromatic nitrogens is 4. The molecule has 0 N–H and O–H groups in total. The molecule has 0 aromatic carbocycles. The Morgan fingerprint density at radius 3 is 2.41 bits per heavy atom. The molecule has 1 saturated carbocycles. The van der Waals surface area contributed by atoms with Crippen LogP contribution in [0.2, 0.25) is 4.34 Å². The first-order valence-corrected chi connectivity index (χ1v) is 11.8. The molecule has 3 aromatic rings. The van der Waals surface area contributed by atoms with Crippen LogP contribution in [0.4, 0.5) is 39.5 Å². The lowest BCUT2D eigenvalue weighted by Crippen LogP contribution is -2.41. The van der Waals surface area contributed by atoms with Crippen molar-refractivity contribution in [1.82, 2.24) is 24.5 Å². The van der Waals surface area contributed by atoms with Gasteiger partial charge in [-0.05, 0) is 18.9 Å². The van der Waals surface area contributed by atoms with Gasteiger partial charge in [0, 0.05) is 36.8 Å². The third-order valence-corrected chi connectivity index (χ3v) is 6.83. The molecule has 1 atom stereocenters. The lowest BCUT2D eigenvalue weighted by Gasteiger charge is -2.21. The van der Waals surface area contributed by atoms with Crippen LogP contribution in [0.25, 0.3) is 16.3 Å². The molecular weight excluding hydrogens is 597 g/mol. The molecule has 0 radical (unpaired) electrons. The second-order valence-electron chi connectivity index (χ2n) is 8.29. The van der Waals surface area contributed by atoms with Gasteiger partial charge in [-0.15, -0.1) is 29.6 Å². The van der Waals surface area contributed by atoms with Crippen LogP contribution in [0.3, 0.4) is 0 Å². The Morgan fingerprint density at radius 2 is 1.85 bits per heavy atom. The molecule has 214 valence electrons. The van der Waals surface area contributed by atoms with E-state index in [1.807, 2.05) is 0 Å². The molecule has 3 heterocycles. The van der Waals surface area contributed by atoms with Gasteiger partial charge in [0.25, 0.3) is 11.8 Å². The van der Waals surface area contributed by atoms with Gasteiger partial charge in [-0.1, -0.05) is 11.6 Å². The zero-order valence-electron chi connectivity index (χ0n) is 19.4. The molecule has 1 amide bonds. The Balaban J connectivity index is 1.68. The van der Waals surface area contributed by atoms with Crippen molar-refractivity contribution >= 4 is 28.8 Å². The van der Waals surface area contributed by atoms with E-state index >= 15 is 0 Å². The monoisotopic (exact) mass is 611 g/mol. The number of aryl methyl sites for hydroxylation is 1. The van der Waals surface area contributed by atoms with Crippen molar-refractivity contribution in [2.75, 3.05) is 7.05 Å². The maximum absolute atomic E-state index is 13.9. The van der Waals surface area contributed by atoms with E-state index in [9.17, 15) is 44.3 Å². The molecule has 4 rings (SSSR count). The fraction of sp³-hybridized carbons (Fsp3) is 0.450. The molecule has 8 nitrogen and oxygen atoms in total. The summed E-state index contributed by atoms with van der Waals surface area (Å²) in [5.74, 6) is -3.27.